The van der Waals surface area contributed by atoms with Crippen LogP contribution in [0.15, 0.2) is 32.3 Å². The first-order valence-electron chi connectivity index (χ1n) is 7.59. The van der Waals surface area contributed by atoms with E-state index in [9.17, 15) is 18.5 Å². The summed E-state index contributed by atoms with van der Waals surface area (Å²) in [5.41, 5.74) is -0.997. The minimum absolute atomic E-state index is 0.158. The summed E-state index contributed by atoms with van der Waals surface area (Å²) in [6, 6.07) is 3.81. The molecule has 0 aliphatic rings. The molecule has 1 heterocycles. The van der Waals surface area contributed by atoms with Crippen molar-refractivity contribution in [2.75, 3.05) is 11.9 Å². The molecule has 12 heteroatoms. The van der Waals surface area contributed by atoms with Crippen LogP contribution in [0.1, 0.15) is 27.7 Å². The van der Waals surface area contributed by atoms with E-state index < -0.39 is 20.5 Å². The van der Waals surface area contributed by atoms with E-state index in [1.165, 1.54) is 23.5 Å². The Hall–Kier alpha value is -1.76. The third-order valence-electron chi connectivity index (χ3n) is 2.81. The zero-order chi connectivity index (χ0) is 19.5. The Bertz CT molecular complexity index is 906. The van der Waals surface area contributed by atoms with Crippen LogP contribution in [-0.2, 0) is 10.0 Å². The largest absolute Gasteiger partial charge is 0.360 e. The first kappa shape index (κ1) is 20.6. The molecule has 2 N–H and O–H groups in total. The summed E-state index contributed by atoms with van der Waals surface area (Å²) >= 11 is 2.34. The number of nitrogens with zero attached hydrogens (tertiary/aromatic N) is 3. The zero-order valence-electron chi connectivity index (χ0n) is 14.6. The molecule has 2 aromatic rings. The molecule has 0 radical (unpaired) electrons. The lowest BCUT2D eigenvalue weighted by molar-refractivity contribution is -0.388. The Kier molecular flexibility index (Phi) is 6.21. The quantitative estimate of drug-likeness (QED) is 0.520. The van der Waals surface area contributed by atoms with E-state index in [4.69, 9.17) is 0 Å². The normalized spacial score (nSPS) is 12.2. The fourth-order valence-corrected chi connectivity index (χ4v) is 5.22. The van der Waals surface area contributed by atoms with E-state index in [0.717, 1.165) is 17.8 Å². The van der Waals surface area contributed by atoms with Gasteiger partial charge < -0.3 is 5.32 Å². The number of nitro groups is 1. The van der Waals surface area contributed by atoms with Gasteiger partial charge in [-0.15, -0.1) is 10.2 Å². The Morgan fingerprint density at radius 1 is 1.31 bits per heavy atom. The average molecular weight is 418 g/mol. The Morgan fingerprint density at radius 3 is 2.58 bits per heavy atom. The smallest absolute Gasteiger partial charge is 0.284 e. The molecule has 9 nitrogen and oxygen atoms in total. The van der Waals surface area contributed by atoms with Crippen LogP contribution in [-0.4, -0.2) is 35.6 Å². The number of benzene rings is 1. The van der Waals surface area contributed by atoms with Crippen molar-refractivity contribution in [3.8, 4) is 0 Å². The zero-order valence-corrected chi connectivity index (χ0v) is 17.1. The van der Waals surface area contributed by atoms with Crippen molar-refractivity contribution in [2.24, 2.45) is 0 Å². The van der Waals surface area contributed by atoms with E-state index in [1.807, 2.05) is 6.92 Å². The second-order valence-corrected chi connectivity index (χ2v) is 10.2. The van der Waals surface area contributed by atoms with Gasteiger partial charge in [0.05, 0.1) is 14.7 Å². The van der Waals surface area contributed by atoms with Crippen LogP contribution < -0.4 is 10.0 Å². The molecule has 0 fully saturated rings. The molecule has 0 bridgehead atoms. The number of aromatic nitrogens is 2. The van der Waals surface area contributed by atoms with Crippen LogP contribution in [0.4, 0.5) is 10.8 Å². The van der Waals surface area contributed by atoms with Crippen molar-refractivity contribution in [3.63, 3.8) is 0 Å². The molecule has 0 aliphatic carbocycles. The van der Waals surface area contributed by atoms with Gasteiger partial charge in [0.15, 0.2) is 4.34 Å². The molecule has 0 amide bonds. The topological polar surface area (TPSA) is 127 Å². The lowest BCUT2D eigenvalue weighted by Crippen LogP contribution is -2.40. The number of hydrogen-bond donors (Lipinski definition) is 2. The molecule has 0 spiro atoms. The highest BCUT2D eigenvalue weighted by molar-refractivity contribution is 8.01. The van der Waals surface area contributed by atoms with Gasteiger partial charge in [-0.1, -0.05) is 11.3 Å². The third-order valence-corrected chi connectivity index (χ3v) is 6.56. The number of nitro benzene ring substituents is 1. The number of nitrogens with one attached hydrogen (secondary N) is 2. The van der Waals surface area contributed by atoms with E-state index in [1.54, 1.807) is 20.8 Å². The van der Waals surface area contributed by atoms with Gasteiger partial charge in [-0.25, -0.2) is 13.1 Å². The van der Waals surface area contributed by atoms with Crippen molar-refractivity contribution >= 4 is 43.9 Å². The summed E-state index contributed by atoms with van der Waals surface area (Å²) in [6.45, 7) is 7.69. The van der Waals surface area contributed by atoms with E-state index in [0.29, 0.717) is 20.9 Å². The van der Waals surface area contributed by atoms with Gasteiger partial charge in [0.2, 0.25) is 15.2 Å². The molecular formula is C14H19N5O4S3. The lowest BCUT2D eigenvalue weighted by atomic mass is 10.1. The summed E-state index contributed by atoms with van der Waals surface area (Å²) in [6.07, 6.45) is 0. The first-order chi connectivity index (χ1) is 12.0. The summed E-state index contributed by atoms with van der Waals surface area (Å²) in [5, 5.41) is 22.9. The molecule has 2 rings (SSSR count). The van der Waals surface area contributed by atoms with Crippen molar-refractivity contribution in [1.82, 2.24) is 14.9 Å². The van der Waals surface area contributed by atoms with Crippen molar-refractivity contribution in [1.29, 1.82) is 0 Å². The monoisotopic (exact) mass is 417 g/mol. The van der Waals surface area contributed by atoms with Crippen LogP contribution in [0.25, 0.3) is 0 Å². The Labute approximate surface area is 159 Å². The molecule has 1 aromatic carbocycles. The highest BCUT2D eigenvalue weighted by Gasteiger charge is 2.26. The molecule has 26 heavy (non-hydrogen) atoms. The molecule has 1 aromatic heterocycles. The average Bonchev–Trinajstić information content (AvgIpc) is 2.92. The molecule has 0 unspecified atom stereocenters. The standard InChI is InChI=1S/C14H19N5O4S3/c1-5-15-12-16-17-13(25-12)24-11-7-6-9(8-10(11)19(20)21)26(22,23)18-14(2,3)4/h6-8,18H,5H2,1-4H3,(H,15,16). The molecule has 142 valence electrons. The summed E-state index contributed by atoms with van der Waals surface area (Å²) in [7, 11) is -3.87. The van der Waals surface area contributed by atoms with Crippen LogP contribution in [0.2, 0.25) is 0 Å². The SMILES string of the molecule is CCNc1nnc(Sc2ccc(S(=O)(=O)NC(C)(C)C)cc2[N+](=O)[O-])s1. The summed E-state index contributed by atoms with van der Waals surface area (Å²) in [4.78, 5) is 10.9. The van der Waals surface area contributed by atoms with Gasteiger partial charge in [0.1, 0.15) is 0 Å². The Morgan fingerprint density at radius 2 is 2.00 bits per heavy atom. The molecule has 0 aliphatic heterocycles. The fourth-order valence-electron chi connectivity index (χ4n) is 1.92. The molecule has 0 saturated carbocycles. The van der Waals surface area contributed by atoms with Crippen LogP contribution >= 0.6 is 23.1 Å². The van der Waals surface area contributed by atoms with E-state index >= 15 is 0 Å². The van der Waals surface area contributed by atoms with Crippen LogP contribution in [0.5, 0.6) is 0 Å². The number of sulfonamides is 1. The van der Waals surface area contributed by atoms with Gasteiger partial charge in [0.25, 0.3) is 5.69 Å². The van der Waals surface area contributed by atoms with Crippen LogP contribution in [0.3, 0.4) is 0 Å². The predicted octanol–water partition coefficient (Wildman–Crippen LogP) is 3.11. The maximum Gasteiger partial charge on any atom is 0.284 e. The van der Waals surface area contributed by atoms with E-state index in [2.05, 4.69) is 20.2 Å². The van der Waals surface area contributed by atoms with Crippen LogP contribution in [0, 0.1) is 10.1 Å². The molecule has 0 atom stereocenters. The molecular weight excluding hydrogens is 398 g/mol. The van der Waals surface area contributed by atoms with Crippen molar-refractivity contribution in [2.45, 2.75) is 47.4 Å². The first-order valence-corrected chi connectivity index (χ1v) is 10.7. The predicted molar refractivity (Wildman–Crippen MR) is 101 cm³/mol. The Balaban J connectivity index is 2.35. The summed E-state index contributed by atoms with van der Waals surface area (Å²) < 4.78 is 27.8. The van der Waals surface area contributed by atoms with Gasteiger partial charge >= 0.3 is 0 Å². The highest BCUT2D eigenvalue weighted by Crippen LogP contribution is 2.38. The van der Waals surface area contributed by atoms with Gasteiger partial charge in [-0.05, 0) is 51.6 Å². The fraction of sp³-hybridized carbons (Fsp3) is 0.429. The lowest BCUT2D eigenvalue weighted by Gasteiger charge is -2.20. The molecule has 0 saturated heterocycles. The van der Waals surface area contributed by atoms with Crippen molar-refractivity contribution < 1.29 is 13.3 Å². The third kappa shape index (κ3) is 5.37. The van der Waals surface area contributed by atoms with Gasteiger partial charge in [0, 0.05) is 18.2 Å². The maximum atomic E-state index is 12.4. The minimum atomic E-state index is -3.87. The second-order valence-electron chi connectivity index (χ2n) is 6.25. The maximum absolute atomic E-state index is 12.4. The van der Waals surface area contributed by atoms with E-state index in [-0.39, 0.29) is 10.6 Å². The van der Waals surface area contributed by atoms with Gasteiger partial charge in [-0.2, -0.15) is 0 Å². The second kappa shape index (κ2) is 7.86. The number of anilines is 1. The van der Waals surface area contributed by atoms with Gasteiger partial charge in [-0.3, -0.25) is 10.1 Å². The summed E-state index contributed by atoms with van der Waals surface area (Å²) in [5.74, 6) is 0. The minimum Gasteiger partial charge on any atom is -0.360 e. The number of rotatable bonds is 7. The van der Waals surface area contributed by atoms with Crippen molar-refractivity contribution in [3.05, 3.63) is 28.3 Å². The highest BCUT2D eigenvalue weighted by atomic mass is 32.2. The number of hydrogen-bond acceptors (Lipinski definition) is 9.